The fourth-order valence-electron chi connectivity index (χ4n) is 1.89. The average molecular weight is 289 g/mol. The van der Waals surface area contributed by atoms with Gasteiger partial charge in [-0.2, -0.15) is 0 Å². The van der Waals surface area contributed by atoms with Crippen LogP contribution in [0.15, 0.2) is 12.1 Å². The Morgan fingerprint density at radius 1 is 1.11 bits per heavy atom. The van der Waals surface area contributed by atoms with Crippen molar-refractivity contribution >= 4 is 29.0 Å². The Balaban J connectivity index is 2.96. The summed E-state index contributed by atoms with van der Waals surface area (Å²) in [4.78, 5) is 6.87. The second-order valence-corrected chi connectivity index (χ2v) is 6.10. The third-order valence-electron chi connectivity index (χ3n) is 2.53. The molecule has 0 radical (unpaired) electrons. The van der Waals surface area contributed by atoms with Crippen LogP contribution < -0.4 is 4.90 Å². The molecular formula is C14H22Cl2N2. The van der Waals surface area contributed by atoms with Crippen LogP contribution >= 0.6 is 23.2 Å². The normalized spacial score (nSPS) is 11.3. The van der Waals surface area contributed by atoms with Gasteiger partial charge in [0.05, 0.1) is 16.6 Å². The third-order valence-corrected chi connectivity index (χ3v) is 3.12. The summed E-state index contributed by atoms with van der Waals surface area (Å²) in [6.07, 6.45) is 0. The quantitative estimate of drug-likeness (QED) is 0.712. The van der Waals surface area contributed by atoms with Crippen LogP contribution in [-0.4, -0.2) is 18.1 Å². The summed E-state index contributed by atoms with van der Waals surface area (Å²) in [5.41, 5.74) is 0.758. The molecule has 0 aliphatic rings. The van der Waals surface area contributed by atoms with Gasteiger partial charge in [0.25, 0.3) is 0 Å². The highest BCUT2D eigenvalue weighted by molar-refractivity contribution is 6.32. The summed E-state index contributed by atoms with van der Waals surface area (Å²) in [5, 5.41) is 0.641. The molecule has 0 aliphatic carbocycles. The molecule has 0 spiro atoms. The van der Waals surface area contributed by atoms with E-state index >= 15 is 0 Å². The number of aromatic nitrogens is 1. The monoisotopic (exact) mass is 288 g/mol. The molecule has 0 fully saturated rings. The van der Waals surface area contributed by atoms with Gasteiger partial charge >= 0.3 is 0 Å². The zero-order valence-electron chi connectivity index (χ0n) is 11.6. The van der Waals surface area contributed by atoms with Crippen LogP contribution in [0.4, 0.5) is 5.82 Å². The lowest BCUT2D eigenvalue weighted by Gasteiger charge is -2.27. The molecule has 0 bridgehead atoms. The van der Waals surface area contributed by atoms with Crippen LogP contribution in [0.2, 0.25) is 5.02 Å². The maximum Gasteiger partial charge on any atom is 0.128 e. The molecule has 2 nitrogen and oxygen atoms in total. The van der Waals surface area contributed by atoms with Crippen LogP contribution in [-0.2, 0) is 5.88 Å². The van der Waals surface area contributed by atoms with Crippen molar-refractivity contribution < 1.29 is 0 Å². The van der Waals surface area contributed by atoms with E-state index in [1.54, 1.807) is 0 Å². The van der Waals surface area contributed by atoms with E-state index in [1.807, 2.05) is 12.1 Å². The van der Waals surface area contributed by atoms with E-state index in [9.17, 15) is 0 Å². The highest BCUT2D eigenvalue weighted by Gasteiger charge is 2.13. The van der Waals surface area contributed by atoms with Crippen LogP contribution in [0.1, 0.15) is 33.4 Å². The minimum absolute atomic E-state index is 0.351. The predicted octanol–water partition coefficient (Wildman–Crippen LogP) is 4.59. The van der Waals surface area contributed by atoms with E-state index in [0.717, 1.165) is 24.6 Å². The van der Waals surface area contributed by atoms with E-state index in [2.05, 4.69) is 37.6 Å². The topological polar surface area (TPSA) is 16.1 Å². The van der Waals surface area contributed by atoms with Gasteiger partial charge in [-0.05, 0) is 24.0 Å². The second-order valence-electron chi connectivity index (χ2n) is 5.42. The van der Waals surface area contributed by atoms with Crippen LogP contribution in [0.5, 0.6) is 0 Å². The number of rotatable bonds is 6. The van der Waals surface area contributed by atoms with Gasteiger partial charge in [0.1, 0.15) is 5.82 Å². The first-order chi connectivity index (χ1) is 8.43. The second kappa shape index (κ2) is 7.20. The highest BCUT2D eigenvalue weighted by atomic mass is 35.5. The largest absolute Gasteiger partial charge is 0.356 e. The van der Waals surface area contributed by atoms with Gasteiger partial charge in [0.15, 0.2) is 0 Å². The molecule has 0 unspecified atom stereocenters. The lowest BCUT2D eigenvalue weighted by atomic mass is 10.1. The Hall–Kier alpha value is -0.470. The van der Waals surface area contributed by atoms with Crippen molar-refractivity contribution in [1.29, 1.82) is 0 Å². The number of anilines is 1. The minimum Gasteiger partial charge on any atom is -0.356 e. The Morgan fingerprint density at radius 2 is 1.67 bits per heavy atom. The highest BCUT2D eigenvalue weighted by Crippen LogP contribution is 2.22. The van der Waals surface area contributed by atoms with Gasteiger partial charge in [-0.25, -0.2) is 4.98 Å². The summed E-state index contributed by atoms with van der Waals surface area (Å²) in [6, 6.07) is 3.86. The molecule has 0 aromatic carbocycles. The van der Waals surface area contributed by atoms with E-state index in [1.165, 1.54) is 0 Å². The standard InChI is InChI=1S/C14H22Cl2N2/c1-10(2)8-18(9-11(3)4)14-6-5-12(16)13(7-15)17-14/h5-6,10-11H,7-9H2,1-4H3. The molecule has 1 aromatic heterocycles. The number of nitrogens with zero attached hydrogens (tertiary/aromatic N) is 2. The molecular weight excluding hydrogens is 267 g/mol. The number of pyridine rings is 1. The van der Waals surface area contributed by atoms with Crippen molar-refractivity contribution in [1.82, 2.24) is 4.98 Å². The fraction of sp³-hybridized carbons (Fsp3) is 0.643. The predicted molar refractivity (Wildman–Crippen MR) is 80.7 cm³/mol. The van der Waals surface area contributed by atoms with Gasteiger partial charge < -0.3 is 4.90 Å². The molecule has 0 saturated carbocycles. The number of alkyl halides is 1. The fourth-order valence-corrected chi connectivity index (χ4v) is 2.33. The summed E-state index contributed by atoms with van der Waals surface area (Å²) >= 11 is 11.9. The molecule has 1 heterocycles. The summed E-state index contributed by atoms with van der Waals surface area (Å²) in [7, 11) is 0. The SMILES string of the molecule is CC(C)CN(CC(C)C)c1ccc(Cl)c(CCl)n1. The van der Waals surface area contributed by atoms with Crippen molar-refractivity contribution in [2.24, 2.45) is 11.8 Å². The van der Waals surface area contributed by atoms with E-state index < -0.39 is 0 Å². The Morgan fingerprint density at radius 3 is 2.11 bits per heavy atom. The van der Waals surface area contributed by atoms with Crippen molar-refractivity contribution in [3.05, 3.63) is 22.8 Å². The van der Waals surface area contributed by atoms with Gasteiger partial charge in [-0.1, -0.05) is 39.3 Å². The molecule has 18 heavy (non-hydrogen) atoms. The maximum absolute atomic E-state index is 6.05. The molecule has 1 rings (SSSR count). The number of hydrogen-bond donors (Lipinski definition) is 0. The lowest BCUT2D eigenvalue weighted by molar-refractivity contribution is 0.548. The summed E-state index contributed by atoms with van der Waals surface area (Å²) < 4.78 is 0. The van der Waals surface area contributed by atoms with Crippen LogP contribution in [0.3, 0.4) is 0 Å². The van der Waals surface area contributed by atoms with E-state index in [0.29, 0.717) is 22.7 Å². The molecule has 102 valence electrons. The lowest BCUT2D eigenvalue weighted by Crippen LogP contribution is -2.32. The van der Waals surface area contributed by atoms with Crippen LogP contribution in [0, 0.1) is 11.8 Å². The zero-order chi connectivity index (χ0) is 13.7. The molecule has 0 amide bonds. The average Bonchev–Trinajstić information content (AvgIpc) is 2.27. The van der Waals surface area contributed by atoms with Crippen LogP contribution in [0.25, 0.3) is 0 Å². The first-order valence-corrected chi connectivity index (χ1v) is 7.31. The van der Waals surface area contributed by atoms with Crippen molar-refractivity contribution in [2.75, 3.05) is 18.0 Å². The van der Waals surface area contributed by atoms with Gasteiger partial charge in [0.2, 0.25) is 0 Å². The van der Waals surface area contributed by atoms with E-state index in [4.69, 9.17) is 23.2 Å². The smallest absolute Gasteiger partial charge is 0.128 e. The van der Waals surface area contributed by atoms with E-state index in [-0.39, 0.29) is 0 Å². The summed E-state index contributed by atoms with van der Waals surface area (Å²) in [6.45, 7) is 10.8. The Bertz CT molecular complexity index is 368. The van der Waals surface area contributed by atoms with Gasteiger partial charge in [-0.15, -0.1) is 11.6 Å². The molecule has 0 aliphatic heterocycles. The summed E-state index contributed by atoms with van der Waals surface area (Å²) in [5.74, 6) is 2.52. The first-order valence-electron chi connectivity index (χ1n) is 6.40. The van der Waals surface area contributed by atoms with Gasteiger partial charge in [-0.3, -0.25) is 0 Å². The minimum atomic E-state index is 0.351. The number of hydrogen-bond acceptors (Lipinski definition) is 2. The Labute approximate surface area is 120 Å². The zero-order valence-corrected chi connectivity index (χ0v) is 13.1. The molecule has 1 aromatic rings. The molecule has 0 N–H and O–H groups in total. The van der Waals surface area contributed by atoms with Crippen molar-refractivity contribution in [2.45, 2.75) is 33.6 Å². The molecule has 4 heteroatoms. The van der Waals surface area contributed by atoms with Crippen molar-refractivity contribution in [3.63, 3.8) is 0 Å². The third kappa shape index (κ3) is 4.66. The van der Waals surface area contributed by atoms with Crippen molar-refractivity contribution in [3.8, 4) is 0 Å². The molecule has 0 atom stereocenters. The number of halogens is 2. The first kappa shape index (κ1) is 15.6. The molecule has 0 saturated heterocycles. The maximum atomic E-state index is 6.05. The van der Waals surface area contributed by atoms with Gasteiger partial charge in [0, 0.05) is 13.1 Å². The Kier molecular flexibility index (Phi) is 6.24.